The van der Waals surface area contributed by atoms with Gasteiger partial charge in [-0.15, -0.1) is 0 Å². The van der Waals surface area contributed by atoms with Crippen molar-refractivity contribution in [2.24, 2.45) is 34.5 Å². The van der Waals surface area contributed by atoms with Crippen LogP contribution in [0.4, 0.5) is 0 Å². The number of aliphatic hydroxyl groups is 2. The summed E-state index contributed by atoms with van der Waals surface area (Å²) >= 11 is 0. The van der Waals surface area contributed by atoms with Crippen molar-refractivity contribution in [3.05, 3.63) is 0 Å². The summed E-state index contributed by atoms with van der Waals surface area (Å²) in [7, 11) is 0. The molecule has 0 aromatic carbocycles. The minimum Gasteiger partial charge on any atom is -0.391 e. The number of fused-ring (bicyclic) bond motifs is 5. The second kappa shape index (κ2) is 8.19. The number of aliphatic hydroxyl groups excluding tert-OH is 2. The molecule has 2 saturated heterocycles. The molecule has 4 saturated carbocycles. The standard InChI is InChI=1S/C27H46N2O3/c1-26-8-7-20-19(21(26)16-22(25(26)31)28-9-3-4-10-28)6-5-18-15-24(30)23(17-27(18,20)2)29-11-13-32-14-12-29/h18-25,30-31H,3-17H2,1-2H3/t18-,19+,20-,21-,22?,23?,24?,25?,26-,27-/m0/s1. The Kier molecular flexibility index (Phi) is 5.70. The number of morpholine rings is 1. The van der Waals surface area contributed by atoms with E-state index in [1.54, 1.807) is 0 Å². The fourth-order valence-corrected chi connectivity index (χ4v) is 9.97. The van der Waals surface area contributed by atoms with Crippen LogP contribution in [0.3, 0.4) is 0 Å². The van der Waals surface area contributed by atoms with Crippen LogP contribution < -0.4 is 0 Å². The van der Waals surface area contributed by atoms with Crippen LogP contribution in [0.2, 0.25) is 0 Å². The van der Waals surface area contributed by atoms with Crippen LogP contribution in [0.25, 0.3) is 0 Å². The number of likely N-dealkylation sites (tertiary alicyclic amines) is 1. The molecule has 5 nitrogen and oxygen atoms in total. The van der Waals surface area contributed by atoms with Gasteiger partial charge in [0.2, 0.25) is 0 Å². The van der Waals surface area contributed by atoms with Crippen LogP contribution in [0.1, 0.15) is 71.6 Å². The van der Waals surface area contributed by atoms with Crippen molar-refractivity contribution in [2.75, 3.05) is 39.4 Å². The monoisotopic (exact) mass is 446 g/mol. The Labute approximate surface area is 194 Å². The van der Waals surface area contributed by atoms with Crippen LogP contribution >= 0.6 is 0 Å². The van der Waals surface area contributed by atoms with Crippen molar-refractivity contribution >= 4 is 0 Å². The summed E-state index contributed by atoms with van der Waals surface area (Å²) in [5.41, 5.74) is 0.443. The van der Waals surface area contributed by atoms with Crippen molar-refractivity contribution < 1.29 is 14.9 Å². The van der Waals surface area contributed by atoms with Crippen LogP contribution in [0.5, 0.6) is 0 Å². The SMILES string of the molecule is C[C@]12CC(N3CCOCC3)C(O)C[C@@H]1CC[C@@H]1[C@@H]2CC[C@]2(C)C(O)C(N3CCCC3)C[C@@H]12. The Hall–Kier alpha value is -0.200. The summed E-state index contributed by atoms with van der Waals surface area (Å²) in [5, 5.41) is 22.7. The van der Waals surface area contributed by atoms with Gasteiger partial charge >= 0.3 is 0 Å². The molecule has 0 spiro atoms. The van der Waals surface area contributed by atoms with Gasteiger partial charge in [-0.1, -0.05) is 13.8 Å². The molecule has 0 amide bonds. The van der Waals surface area contributed by atoms with Crippen LogP contribution in [-0.2, 0) is 4.74 Å². The summed E-state index contributed by atoms with van der Waals surface area (Å²) in [4.78, 5) is 5.16. The van der Waals surface area contributed by atoms with E-state index in [0.717, 1.165) is 51.0 Å². The van der Waals surface area contributed by atoms with Gasteiger partial charge < -0.3 is 14.9 Å². The number of hydrogen-bond acceptors (Lipinski definition) is 5. The highest BCUT2D eigenvalue weighted by molar-refractivity contribution is 5.14. The predicted molar refractivity (Wildman–Crippen MR) is 125 cm³/mol. The first-order valence-electron chi connectivity index (χ1n) is 13.8. The van der Waals surface area contributed by atoms with Crippen molar-refractivity contribution in [3.63, 3.8) is 0 Å². The number of nitrogens with zero attached hydrogens (tertiary/aromatic N) is 2. The number of ether oxygens (including phenoxy) is 1. The minimum atomic E-state index is -0.176. The molecular formula is C27H46N2O3. The maximum atomic E-state index is 11.5. The van der Waals surface area contributed by atoms with Crippen molar-refractivity contribution in [1.29, 1.82) is 0 Å². The van der Waals surface area contributed by atoms with Crippen molar-refractivity contribution in [1.82, 2.24) is 9.80 Å². The highest BCUT2D eigenvalue weighted by Crippen LogP contribution is 2.66. The molecule has 4 aliphatic carbocycles. The summed E-state index contributed by atoms with van der Waals surface area (Å²) < 4.78 is 5.61. The maximum absolute atomic E-state index is 11.5. The van der Waals surface area contributed by atoms with Gasteiger partial charge in [0.25, 0.3) is 0 Å². The fourth-order valence-electron chi connectivity index (χ4n) is 9.97. The van der Waals surface area contributed by atoms with Gasteiger partial charge in [0.1, 0.15) is 0 Å². The predicted octanol–water partition coefficient (Wildman–Crippen LogP) is 3.14. The van der Waals surface area contributed by atoms with Gasteiger partial charge in [0.05, 0.1) is 25.4 Å². The normalized spacial score (nSPS) is 54.8. The lowest BCUT2D eigenvalue weighted by Gasteiger charge is -2.62. The molecule has 10 atom stereocenters. The molecular weight excluding hydrogens is 400 g/mol. The molecule has 0 radical (unpaired) electrons. The van der Waals surface area contributed by atoms with Crippen molar-refractivity contribution in [2.45, 2.75) is 95.9 Å². The zero-order chi connectivity index (χ0) is 22.1. The van der Waals surface area contributed by atoms with E-state index in [9.17, 15) is 10.2 Å². The molecule has 2 N–H and O–H groups in total. The molecule has 6 fully saturated rings. The second-order valence-corrected chi connectivity index (χ2v) is 12.9. The topological polar surface area (TPSA) is 56.2 Å². The minimum absolute atomic E-state index is 0.107. The smallest absolute Gasteiger partial charge is 0.0751 e. The third-order valence-electron chi connectivity index (χ3n) is 11.8. The molecule has 32 heavy (non-hydrogen) atoms. The number of rotatable bonds is 2. The Bertz CT molecular complexity index is 692. The summed E-state index contributed by atoms with van der Waals surface area (Å²) in [6, 6.07) is 0.699. The molecule has 182 valence electrons. The lowest BCUT2D eigenvalue weighted by Crippen LogP contribution is -2.61. The van der Waals surface area contributed by atoms with E-state index in [-0.39, 0.29) is 17.6 Å². The van der Waals surface area contributed by atoms with Crippen LogP contribution in [0.15, 0.2) is 0 Å². The third kappa shape index (κ3) is 3.28. The third-order valence-corrected chi connectivity index (χ3v) is 11.8. The molecule has 4 unspecified atom stereocenters. The number of hydrogen-bond donors (Lipinski definition) is 2. The van der Waals surface area contributed by atoms with Gasteiger partial charge in [-0.25, -0.2) is 0 Å². The van der Waals surface area contributed by atoms with E-state index in [1.807, 2.05) is 0 Å². The molecule has 0 aromatic heterocycles. The summed E-state index contributed by atoms with van der Waals surface area (Å²) in [5.74, 6) is 2.87. The highest BCUT2D eigenvalue weighted by Gasteiger charge is 2.63. The molecule has 2 aliphatic heterocycles. The van der Waals surface area contributed by atoms with Gasteiger partial charge in [-0.05, 0) is 105 Å². The maximum Gasteiger partial charge on any atom is 0.0751 e. The van der Waals surface area contributed by atoms with Crippen molar-refractivity contribution in [3.8, 4) is 0 Å². The Morgan fingerprint density at radius 2 is 1.50 bits per heavy atom. The molecule has 0 bridgehead atoms. The van der Waals surface area contributed by atoms with Gasteiger partial charge in [-0.2, -0.15) is 0 Å². The van der Waals surface area contributed by atoms with Gasteiger partial charge in [0, 0.05) is 25.2 Å². The second-order valence-electron chi connectivity index (χ2n) is 12.9. The Morgan fingerprint density at radius 1 is 0.781 bits per heavy atom. The molecule has 5 heteroatoms. The Balaban J connectivity index is 1.25. The van der Waals surface area contributed by atoms with E-state index in [2.05, 4.69) is 23.6 Å². The van der Waals surface area contributed by atoms with Gasteiger partial charge in [-0.3, -0.25) is 9.80 Å². The average molecular weight is 447 g/mol. The van der Waals surface area contributed by atoms with E-state index >= 15 is 0 Å². The molecule has 6 aliphatic rings. The van der Waals surface area contributed by atoms with Gasteiger partial charge in [0.15, 0.2) is 0 Å². The summed E-state index contributed by atoms with van der Waals surface area (Å²) in [6.45, 7) is 11.0. The van der Waals surface area contributed by atoms with E-state index < -0.39 is 0 Å². The Morgan fingerprint density at radius 3 is 2.25 bits per heavy atom. The highest BCUT2D eigenvalue weighted by atomic mass is 16.5. The molecule has 2 heterocycles. The lowest BCUT2D eigenvalue weighted by atomic mass is 9.44. The largest absolute Gasteiger partial charge is 0.391 e. The fraction of sp³-hybridized carbons (Fsp3) is 1.00. The molecule has 0 aromatic rings. The average Bonchev–Trinajstić information content (AvgIpc) is 3.41. The van der Waals surface area contributed by atoms with E-state index in [4.69, 9.17) is 4.74 Å². The van der Waals surface area contributed by atoms with E-state index in [0.29, 0.717) is 29.3 Å². The lowest BCUT2D eigenvalue weighted by molar-refractivity contribution is -0.158. The molecule has 6 rings (SSSR count). The summed E-state index contributed by atoms with van der Waals surface area (Å²) in [6.07, 6.45) is 10.7. The van der Waals surface area contributed by atoms with E-state index in [1.165, 1.54) is 58.0 Å². The first-order chi connectivity index (χ1) is 15.4. The zero-order valence-electron chi connectivity index (χ0n) is 20.4. The first kappa shape index (κ1) is 22.3. The van der Waals surface area contributed by atoms with Crippen LogP contribution in [-0.4, -0.2) is 83.7 Å². The first-order valence-corrected chi connectivity index (χ1v) is 13.8. The quantitative estimate of drug-likeness (QED) is 0.683. The zero-order valence-corrected chi connectivity index (χ0v) is 20.4. The van der Waals surface area contributed by atoms with Crippen LogP contribution in [0, 0.1) is 34.5 Å².